The molecule has 0 fully saturated rings. The molecular formula is C14H30O2. The second kappa shape index (κ2) is 13.0. The van der Waals surface area contributed by atoms with Crippen molar-refractivity contribution >= 4 is 0 Å². The molecule has 2 heteroatoms. The summed E-state index contributed by atoms with van der Waals surface area (Å²) in [4.78, 5) is 0. The Labute approximate surface area is 101 Å². The van der Waals surface area contributed by atoms with Gasteiger partial charge in [-0.25, -0.2) is 0 Å². The monoisotopic (exact) mass is 230 g/mol. The fourth-order valence-electron chi connectivity index (χ4n) is 1.97. The van der Waals surface area contributed by atoms with Gasteiger partial charge in [-0.2, -0.15) is 0 Å². The molecule has 0 saturated heterocycles. The van der Waals surface area contributed by atoms with E-state index in [1.165, 1.54) is 38.5 Å². The minimum absolute atomic E-state index is 0.290. The predicted molar refractivity (Wildman–Crippen MR) is 69.7 cm³/mol. The third kappa shape index (κ3) is 10.4. The van der Waals surface area contributed by atoms with Gasteiger partial charge in [0.25, 0.3) is 0 Å². The van der Waals surface area contributed by atoms with Crippen molar-refractivity contribution < 1.29 is 9.84 Å². The number of aliphatic hydroxyl groups excluding tert-OH is 1. The van der Waals surface area contributed by atoms with Crippen LogP contribution < -0.4 is 0 Å². The summed E-state index contributed by atoms with van der Waals surface area (Å²) in [5.41, 5.74) is 0. The molecule has 0 heterocycles. The van der Waals surface area contributed by atoms with E-state index in [1.54, 1.807) is 0 Å². The van der Waals surface area contributed by atoms with Gasteiger partial charge >= 0.3 is 0 Å². The van der Waals surface area contributed by atoms with Gasteiger partial charge < -0.3 is 9.84 Å². The van der Waals surface area contributed by atoms with Crippen LogP contribution in [0.2, 0.25) is 0 Å². The summed E-state index contributed by atoms with van der Waals surface area (Å²) >= 11 is 0. The summed E-state index contributed by atoms with van der Waals surface area (Å²) in [6, 6.07) is 0. The summed E-state index contributed by atoms with van der Waals surface area (Å²) in [5, 5.41) is 8.65. The van der Waals surface area contributed by atoms with Crippen molar-refractivity contribution in [3.05, 3.63) is 0 Å². The first-order valence-corrected chi connectivity index (χ1v) is 7.03. The Balaban J connectivity index is 3.43. The molecule has 0 aromatic rings. The van der Waals surface area contributed by atoms with Crippen LogP contribution in [-0.4, -0.2) is 24.9 Å². The summed E-state index contributed by atoms with van der Waals surface area (Å²) < 4.78 is 5.67. The van der Waals surface area contributed by atoms with Crippen molar-refractivity contribution in [3.8, 4) is 0 Å². The summed E-state index contributed by atoms with van der Waals surface area (Å²) in [6.07, 6.45) is 9.74. The van der Waals surface area contributed by atoms with Gasteiger partial charge in [0.15, 0.2) is 0 Å². The highest BCUT2D eigenvalue weighted by molar-refractivity contribution is 4.58. The van der Waals surface area contributed by atoms with Gasteiger partial charge in [0.1, 0.15) is 0 Å². The minimum atomic E-state index is 0.290. The number of hydrogen-bond donors (Lipinski definition) is 1. The highest BCUT2D eigenvalue weighted by Gasteiger charge is 2.07. The SMILES string of the molecule is CCCCCC(CCC)COCCCCO. The second-order valence-corrected chi connectivity index (χ2v) is 4.66. The average molecular weight is 230 g/mol. The molecule has 0 aliphatic carbocycles. The van der Waals surface area contributed by atoms with Crippen molar-refractivity contribution in [1.82, 2.24) is 0 Å². The fraction of sp³-hybridized carbons (Fsp3) is 1.00. The molecule has 0 spiro atoms. The van der Waals surface area contributed by atoms with Crippen LogP contribution in [0.25, 0.3) is 0 Å². The molecule has 0 saturated carbocycles. The van der Waals surface area contributed by atoms with Crippen molar-refractivity contribution in [2.24, 2.45) is 5.92 Å². The van der Waals surface area contributed by atoms with E-state index >= 15 is 0 Å². The van der Waals surface area contributed by atoms with Crippen LogP contribution in [0, 0.1) is 5.92 Å². The van der Waals surface area contributed by atoms with Crippen molar-refractivity contribution in [2.45, 2.75) is 65.2 Å². The molecule has 2 nitrogen and oxygen atoms in total. The van der Waals surface area contributed by atoms with Crippen LogP contribution in [0.1, 0.15) is 65.2 Å². The average Bonchev–Trinajstić information content (AvgIpc) is 2.29. The molecule has 0 bridgehead atoms. The third-order valence-corrected chi connectivity index (χ3v) is 2.96. The van der Waals surface area contributed by atoms with Crippen LogP contribution in [0.15, 0.2) is 0 Å². The smallest absolute Gasteiger partial charge is 0.0494 e. The Bertz CT molecular complexity index is 126. The normalized spacial score (nSPS) is 12.9. The van der Waals surface area contributed by atoms with E-state index in [4.69, 9.17) is 9.84 Å². The number of aliphatic hydroxyl groups is 1. The molecule has 0 aliphatic rings. The maximum atomic E-state index is 8.65. The van der Waals surface area contributed by atoms with Crippen LogP contribution in [0.5, 0.6) is 0 Å². The number of hydrogen-bond acceptors (Lipinski definition) is 2. The highest BCUT2D eigenvalue weighted by atomic mass is 16.5. The zero-order valence-electron chi connectivity index (χ0n) is 11.2. The van der Waals surface area contributed by atoms with Crippen molar-refractivity contribution in [1.29, 1.82) is 0 Å². The molecule has 0 rings (SSSR count). The van der Waals surface area contributed by atoms with Crippen molar-refractivity contribution in [2.75, 3.05) is 19.8 Å². The Morgan fingerprint density at radius 2 is 1.75 bits per heavy atom. The Kier molecular flexibility index (Phi) is 12.9. The maximum Gasteiger partial charge on any atom is 0.0494 e. The van der Waals surface area contributed by atoms with Gasteiger partial charge in [0.05, 0.1) is 0 Å². The van der Waals surface area contributed by atoms with Gasteiger partial charge in [-0.3, -0.25) is 0 Å². The molecule has 0 aliphatic heterocycles. The van der Waals surface area contributed by atoms with Crippen LogP contribution in [0.4, 0.5) is 0 Å². The minimum Gasteiger partial charge on any atom is -0.396 e. The Morgan fingerprint density at radius 1 is 0.938 bits per heavy atom. The third-order valence-electron chi connectivity index (χ3n) is 2.96. The highest BCUT2D eigenvalue weighted by Crippen LogP contribution is 2.16. The molecule has 1 N–H and O–H groups in total. The number of ether oxygens (including phenoxy) is 1. The number of rotatable bonds is 12. The molecular weight excluding hydrogens is 200 g/mol. The lowest BCUT2D eigenvalue weighted by Crippen LogP contribution is -2.10. The molecule has 0 radical (unpaired) electrons. The lowest BCUT2D eigenvalue weighted by atomic mass is 9.97. The second-order valence-electron chi connectivity index (χ2n) is 4.66. The van der Waals surface area contributed by atoms with Gasteiger partial charge in [-0.1, -0.05) is 39.5 Å². The largest absolute Gasteiger partial charge is 0.396 e. The van der Waals surface area contributed by atoms with E-state index in [2.05, 4.69) is 13.8 Å². The predicted octanol–water partition coefficient (Wildman–Crippen LogP) is 3.77. The van der Waals surface area contributed by atoms with Crippen LogP contribution in [-0.2, 0) is 4.74 Å². The van der Waals surface area contributed by atoms with Gasteiger partial charge in [-0.05, 0) is 31.6 Å². The van der Waals surface area contributed by atoms with E-state index in [0.29, 0.717) is 0 Å². The Morgan fingerprint density at radius 3 is 2.38 bits per heavy atom. The summed E-state index contributed by atoms with van der Waals surface area (Å²) in [5.74, 6) is 0.755. The van der Waals surface area contributed by atoms with E-state index in [0.717, 1.165) is 32.0 Å². The quantitative estimate of drug-likeness (QED) is 0.517. The molecule has 1 unspecified atom stereocenters. The van der Waals surface area contributed by atoms with Crippen LogP contribution >= 0.6 is 0 Å². The van der Waals surface area contributed by atoms with Crippen LogP contribution in [0.3, 0.4) is 0 Å². The fourth-order valence-corrected chi connectivity index (χ4v) is 1.97. The Hall–Kier alpha value is -0.0800. The van der Waals surface area contributed by atoms with Crippen molar-refractivity contribution in [3.63, 3.8) is 0 Å². The molecule has 0 aromatic heterocycles. The lowest BCUT2D eigenvalue weighted by Gasteiger charge is -2.16. The first kappa shape index (κ1) is 15.9. The first-order chi connectivity index (χ1) is 7.85. The van der Waals surface area contributed by atoms with Gasteiger partial charge in [-0.15, -0.1) is 0 Å². The standard InChI is InChI=1S/C14H30O2/c1-3-5-6-10-14(9-4-2)13-16-12-8-7-11-15/h14-15H,3-13H2,1-2H3. The summed E-state index contributed by atoms with van der Waals surface area (Å²) in [7, 11) is 0. The first-order valence-electron chi connectivity index (χ1n) is 7.03. The zero-order chi connectivity index (χ0) is 12.1. The lowest BCUT2D eigenvalue weighted by molar-refractivity contribution is 0.0861. The topological polar surface area (TPSA) is 29.5 Å². The maximum absolute atomic E-state index is 8.65. The molecule has 0 aromatic carbocycles. The number of unbranched alkanes of at least 4 members (excludes halogenated alkanes) is 3. The zero-order valence-corrected chi connectivity index (χ0v) is 11.2. The van der Waals surface area contributed by atoms with E-state index < -0.39 is 0 Å². The van der Waals surface area contributed by atoms with Gasteiger partial charge in [0, 0.05) is 19.8 Å². The summed E-state index contributed by atoms with van der Waals surface area (Å²) in [6.45, 7) is 6.52. The molecule has 16 heavy (non-hydrogen) atoms. The van der Waals surface area contributed by atoms with Gasteiger partial charge in [0.2, 0.25) is 0 Å². The molecule has 98 valence electrons. The van der Waals surface area contributed by atoms with E-state index in [-0.39, 0.29) is 6.61 Å². The van der Waals surface area contributed by atoms with E-state index in [9.17, 15) is 0 Å². The molecule has 1 atom stereocenters. The van der Waals surface area contributed by atoms with E-state index in [1.807, 2.05) is 0 Å². The molecule has 0 amide bonds.